The molecule has 0 fully saturated rings. The highest BCUT2D eigenvalue weighted by Crippen LogP contribution is 2.10. The number of amides is 1. The zero-order valence-corrected chi connectivity index (χ0v) is 11.7. The summed E-state index contributed by atoms with van der Waals surface area (Å²) in [6, 6.07) is 0. The summed E-state index contributed by atoms with van der Waals surface area (Å²) >= 11 is 5.81. The molecule has 6 nitrogen and oxygen atoms in total. The van der Waals surface area contributed by atoms with Crippen LogP contribution in [0.3, 0.4) is 0 Å². The highest BCUT2D eigenvalue weighted by Gasteiger charge is 2.14. The van der Waals surface area contributed by atoms with Gasteiger partial charge in [0.05, 0.1) is 12.1 Å². The van der Waals surface area contributed by atoms with E-state index < -0.39 is 11.7 Å². The highest BCUT2D eigenvalue weighted by molar-refractivity contribution is 6.30. The number of nitrogen functional groups attached to an aromatic ring is 1. The predicted octanol–water partition coefficient (Wildman–Crippen LogP) is 1.59. The van der Waals surface area contributed by atoms with Crippen LogP contribution in [-0.4, -0.2) is 28.2 Å². The average Bonchev–Trinajstić information content (AvgIpc) is 2.24. The minimum absolute atomic E-state index is 0.0856. The van der Waals surface area contributed by atoms with Gasteiger partial charge >= 0.3 is 6.09 Å². The number of aromatic nitrogens is 2. The number of hydrogen-bond acceptors (Lipinski definition) is 5. The van der Waals surface area contributed by atoms with E-state index in [1.807, 2.05) is 0 Å². The molecule has 0 radical (unpaired) electrons. The van der Waals surface area contributed by atoms with Gasteiger partial charge in [0.1, 0.15) is 10.8 Å². The normalized spacial score (nSPS) is 10.3. The van der Waals surface area contributed by atoms with Crippen LogP contribution >= 0.6 is 11.6 Å². The molecule has 1 aromatic heterocycles. The Bertz CT molecular complexity index is 529. The average molecular weight is 283 g/mol. The van der Waals surface area contributed by atoms with E-state index in [1.54, 1.807) is 20.8 Å². The molecule has 3 N–H and O–H groups in total. The van der Waals surface area contributed by atoms with Gasteiger partial charge in [-0.3, -0.25) is 0 Å². The van der Waals surface area contributed by atoms with E-state index >= 15 is 0 Å². The number of halogens is 1. The van der Waals surface area contributed by atoms with Gasteiger partial charge in [-0.25, -0.2) is 9.78 Å². The fourth-order valence-electron chi connectivity index (χ4n) is 1.03. The van der Waals surface area contributed by atoms with Gasteiger partial charge in [0.2, 0.25) is 5.95 Å². The van der Waals surface area contributed by atoms with Crippen LogP contribution in [0.2, 0.25) is 5.15 Å². The third-order valence-electron chi connectivity index (χ3n) is 1.70. The van der Waals surface area contributed by atoms with Crippen molar-refractivity contribution >= 4 is 23.6 Å². The van der Waals surface area contributed by atoms with Gasteiger partial charge in [-0.05, 0) is 20.8 Å². The summed E-state index contributed by atoms with van der Waals surface area (Å²) in [5, 5.41) is 2.67. The molecular formula is C12H15ClN4O2. The number of nitrogens with one attached hydrogen (secondary N) is 1. The van der Waals surface area contributed by atoms with Crippen LogP contribution in [0.25, 0.3) is 0 Å². The Morgan fingerprint density at radius 2 is 2.26 bits per heavy atom. The molecule has 19 heavy (non-hydrogen) atoms. The van der Waals surface area contributed by atoms with Crippen LogP contribution in [0, 0.1) is 11.8 Å². The van der Waals surface area contributed by atoms with Crippen LogP contribution in [0.15, 0.2) is 6.20 Å². The molecule has 0 saturated heterocycles. The second-order valence-corrected chi connectivity index (χ2v) is 4.95. The summed E-state index contributed by atoms with van der Waals surface area (Å²) in [6.07, 6.45) is 0.895. The van der Waals surface area contributed by atoms with E-state index in [1.165, 1.54) is 6.20 Å². The molecule has 1 rings (SSSR count). The number of carbonyl (C=O) groups is 1. The minimum atomic E-state index is -0.536. The molecule has 0 atom stereocenters. The fraction of sp³-hybridized carbons (Fsp3) is 0.417. The van der Waals surface area contributed by atoms with Crippen molar-refractivity contribution in [2.75, 3.05) is 12.3 Å². The minimum Gasteiger partial charge on any atom is -0.444 e. The summed E-state index contributed by atoms with van der Waals surface area (Å²) in [5.41, 5.74) is 5.26. The van der Waals surface area contributed by atoms with E-state index in [0.717, 1.165) is 0 Å². The van der Waals surface area contributed by atoms with Crippen molar-refractivity contribution in [3.63, 3.8) is 0 Å². The predicted molar refractivity (Wildman–Crippen MR) is 72.6 cm³/mol. The zero-order chi connectivity index (χ0) is 14.5. The quantitative estimate of drug-likeness (QED) is 0.603. The summed E-state index contributed by atoms with van der Waals surface area (Å²) in [4.78, 5) is 18.8. The van der Waals surface area contributed by atoms with Crippen LogP contribution in [0.5, 0.6) is 0 Å². The molecule has 1 aromatic rings. The molecule has 0 aromatic carbocycles. The first kappa shape index (κ1) is 15.1. The molecule has 1 heterocycles. The molecule has 0 aliphatic heterocycles. The number of anilines is 1. The SMILES string of the molecule is CC(C)(C)OC(=O)NCC#Cc1cnc(N)nc1Cl. The smallest absolute Gasteiger partial charge is 0.408 e. The van der Waals surface area contributed by atoms with Gasteiger partial charge in [0.15, 0.2) is 0 Å². The maximum absolute atomic E-state index is 11.3. The highest BCUT2D eigenvalue weighted by atomic mass is 35.5. The third-order valence-corrected chi connectivity index (χ3v) is 1.99. The summed E-state index contributed by atoms with van der Waals surface area (Å²) in [7, 11) is 0. The lowest BCUT2D eigenvalue weighted by atomic mass is 10.2. The van der Waals surface area contributed by atoms with Crippen LogP contribution in [0.1, 0.15) is 26.3 Å². The first-order chi connectivity index (χ1) is 8.78. The van der Waals surface area contributed by atoms with Gasteiger partial charge in [-0.15, -0.1) is 0 Å². The van der Waals surface area contributed by atoms with Crippen molar-refractivity contribution in [1.29, 1.82) is 0 Å². The lowest BCUT2D eigenvalue weighted by Gasteiger charge is -2.18. The molecule has 0 aliphatic carbocycles. The molecule has 102 valence electrons. The van der Waals surface area contributed by atoms with Crippen LogP contribution in [-0.2, 0) is 4.74 Å². The Kier molecular flexibility index (Phi) is 4.95. The third kappa shape index (κ3) is 5.93. The second kappa shape index (κ2) is 6.25. The topological polar surface area (TPSA) is 90.1 Å². The van der Waals surface area contributed by atoms with E-state index in [4.69, 9.17) is 22.1 Å². The monoisotopic (exact) mass is 282 g/mol. The Labute approximate surface area is 116 Å². The summed E-state index contributed by atoms with van der Waals surface area (Å²) < 4.78 is 5.04. The van der Waals surface area contributed by atoms with E-state index in [9.17, 15) is 4.79 Å². The van der Waals surface area contributed by atoms with Gasteiger partial charge < -0.3 is 15.8 Å². The molecule has 0 unspecified atom stereocenters. The van der Waals surface area contributed by atoms with Crippen molar-refractivity contribution < 1.29 is 9.53 Å². The van der Waals surface area contributed by atoms with Crippen LogP contribution in [0.4, 0.5) is 10.7 Å². The Morgan fingerprint density at radius 3 is 2.84 bits per heavy atom. The number of hydrogen-bond donors (Lipinski definition) is 2. The summed E-state index contributed by atoms with van der Waals surface area (Å²) in [6.45, 7) is 5.48. The maximum atomic E-state index is 11.3. The molecule has 7 heteroatoms. The largest absolute Gasteiger partial charge is 0.444 e. The van der Waals surface area contributed by atoms with Gasteiger partial charge in [0.25, 0.3) is 0 Å². The zero-order valence-electron chi connectivity index (χ0n) is 11.0. The number of rotatable bonds is 1. The number of nitrogens with zero attached hydrogens (tertiary/aromatic N) is 2. The molecule has 0 aliphatic rings. The second-order valence-electron chi connectivity index (χ2n) is 4.59. The van der Waals surface area contributed by atoms with E-state index in [0.29, 0.717) is 5.56 Å². The van der Waals surface area contributed by atoms with E-state index in [-0.39, 0.29) is 17.6 Å². The maximum Gasteiger partial charge on any atom is 0.408 e. The molecule has 0 saturated carbocycles. The first-order valence-corrected chi connectivity index (χ1v) is 5.89. The Balaban J connectivity index is 2.50. The van der Waals surface area contributed by atoms with Crippen molar-refractivity contribution in [1.82, 2.24) is 15.3 Å². The van der Waals surface area contributed by atoms with Crippen molar-refractivity contribution in [2.24, 2.45) is 0 Å². The fourth-order valence-corrected chi connectivity index (χ4v) is 1.21. The molecule has 0 bridgehead atoms. The number of alkyl carbamates (subject to hydrolysis) is 1. The number of carbonyl (C=O) groups excluding carboxylic acids is 1. The van der Waals surface area contributed by atoms with Gasteiger partial charge in [-0.1, -0.05) is 23.4 Å². The lowest BCUT2D eigenvalue weighted by Crippen LogP contribution is -2.32. The molecular weight excluding hydrogens is 268 g/mol. The number of ether oxygens (including phenoxy) is 1. The van der Waals surface area contributed by atoms with E-state index in [2.05, 4.69) is 27.1 Å². The number of nitrogens with two attached hydrogens (primary N) is 1. The molecule has 0 spiro atoms. The standard InChI is InChI=1S/C12H15ClN4O2/c1-12(2,3)19-11(18)15-6-4-5-8-7-16-10(14)17-9(8)13/h7H,6H2,1-3H3,(H,15,18)(H2,14,16,17). The van der Waals surface area contributed by atoms with Gasteiger partial charge in [-0.2, -0.15) is 4.98 Å². The first-order valence-electron chi connectivity index (χ1n) is 5.51. The Hall–Kier alpha value is -2.00. The summed E-state index contributed by atoms with van der Waals surface area (Å²) in [5.74, 6) is 5.52. The van der Waals surface area contributed by atoms with Crippen molar-refractivity contribution in [2.45, 2.75) is 26.4 Å². The van der Waals surface area contributed by atoms with Crippen molar-refractivity contribution in [3.8, 4) is 11.8 Å². The van der Waals surface area contributed by atoms with Gasteiger partial charge in [0, 0.05) is 6.20 Å². The van der Waals surface area contributed by atoms with Crippen LogP contribution < -0.4 is 11.1 Å². The van der Waals surface area contributed by atoms with Crippen molar-refractivity contribution in [3.05, 3.63) is 16.9 Å². The molecule has 1 amide bonds. The Morgan fingerprint density at radius 1 is 1.58 bits per heavy atom. The lowest BCUT2D eigenvalue weighted by molar-refractivity contribution is 0.0535.